The van der Waals surface area contributed by atoms with Crippen LogP contribution in [0.3, 0.4) is 0 Å². The Morgan fingerprint density at radius 3 is 2.56 bits per heavy atom. The number of aromatic amines is 1. The fraction of sp³-hybridized carbons (Fsp3) is 0.250. The number of ether oxygens (including phenoxy) is 1. The summed E-state index contributed by atoms with van der Waals surface area (Å²) in [5, 5.41) is 6.77. The molecule has 0 radical (unpaired) electrons. The van der Waals surface area contributed by atoms with Gasteiger partial charge in [-0.1, -0.05) is 0 Å². The van der Waals surface area contributed by atoms with E-state index >= 15 is 0 Å². The molecule has 0 aliphatic heterocycles. The molecule has 1 heterocycles. The predicted octanol–water partition coefficient (Wildman–Crippen LogP) is 2.20. The van der Waals surface area contributed by atoms with Crippen LogP contribution in [-0.4, -0.2) is 16.3 Å². The summed E-state index contributed by atoms with van der Waals surface area (Å²) in [5.74, 6) is 1.44. The number of nitrogen functional groups attached to an aromatic ring is 1. The molecule has 1 saturated carbocycles. The number of nitrogens with one attached hydrogen (secondary N) is 1. The third-order valence-electron chi connectivity index (χ3n) is 2.59. The van der Waals surface area contributed by atoms with Crippen molar-refractivity contribution in [3.05, 3.63) is 30.3 Å². The first-order valence-corrected chi connectivity index (χ1v) is 5.39. The van der Waals surface area contributed by atoms with Gasteiger partial charge in [-0.05, 0) is 42.7 Å². The van der Waals surface area contributed by atoms with Crippen LogP contribution < -0.4 is 10.5 Å². The van der Waals surface area contributed by atoms with Crippen molar-refractivity contribution in [2.24, 2.45) is 0 Å². The number of hydrogen-bond donors (Lipinski definition) is 2. The van der Waals surface area contributed by atoms with Crippen molar-refractivity contribution in [2.45, 2.75) is 18.9 Å². The molecule has 4 nitrogen and oxygen atoms in total. The van der Waals surface area contributed by atoms with Gasteiger partial charge in [0.1, 0.15) is 11.6 Å². The fourth-order valence-electron chi connectivity index (χ4n) is 1.58. The van der Waals surface area contributed by atoms with Crippen molar-refractivity contribution in [3.8, 4) is 17.0 Å². The summed E-state index contributed by atoms with van der Waals surface area (Å²) in [5.41, 5.74) is 7.54. The number of rotatable bonds is 3. The largest absolute Gasteiger partial charge is 0.490 e. The number of nitrogens with zero attached hydrogens (tertiary/aromatic N) is 1. The van der Waals surface area contributed by atoms with Gasteiger partial charge >= 0.3 is 0 Å². The van der Waals surface area contributed by atoms with E-state index in [-0.39, 0.29) is 0 Å². The first kappa shape index (κ1) is 9.27. The van der Waals surface area contributed by atoms with Crippen LogP contribution >= 0.6 is 0 Å². The van der Waals surface area contributed by atoms with E-state index in [1.54, 1.807) is 0 Å². The molecule has 4 heteroatoms. The Morgan fingerprint density at radius 1 is 1.25 bits per heavy atom. The molecule has 1 aliphatic carbocycles. The van der Waals surface area contributed by atoms with E-state index in [0.29, 0.717) is 11.9 Å². The van der Waals surface area contributed by atoms with Crippen LogP contribution in [0.5, 0.6) is 5.75 Å². The Kier molecular flexibility index (Phi) is 2.06. The van der Waals surface area contributed by atoms with Gasteiger partial charge in [-0.2, -0.15) is 5.10 Å². The number of H-pyrrole nitrogens is 1. The minimum absolute atomic E-state index is 0.439. The molecule has 0 bridgehead atoms. The molecule has 1 aliphatic rings. The maximum absolute atomic E-state index is 5.67. The van der Waals surface area contributed by atoms with E-state index < -0.39 is 0 Å². The van der Waals surface area contributed by atoms with Crippen molar-refractivity contribution < 1.29 is 4.74 Å². The van der Waals surface area contributed by atoms with E-state index in [0.717, 1.165) is 17.0 Å². The molecular formula is C12H13N3O. The zero-order valence-corrected chi connectivity index (χ0v) is 8.81. The molecule has 1 aromatic heterocycles. The lowest BCUT2D eigenvalue weighted by atomic mass is 10.1. The number of nitrogens with two attached hydrogens (primary N) is 1. The Hall–Kier alpha value is -1.97. The Labute approximate surface area is 93.4 Å². The van der Waals surface area contributed by atoms with Gasteiger partial charge in [0, 0.05) is 6.07 Å². The highest BCUT2D eigenvalue weighted by molar-refractivity contribution is 5.62. The van der Waals surface area contributed by atoms with Crippen molar-refractivity contribution in [1.29, 1.82) is 0 Å². The first-order valence-electron chi connectivity index (χ1n) is 5.39. The molecular weight excluding hydrogens is 202 g/mol. The van der Waals surface area contributed by atoms with Crippen LogP contribution in [0.25, 0.3) is 11.3 Å². The van der Waals surface area contributed by atoms with Crippen molar-refractivity contribution >= 4 is 5.82 Å². The van der Waals surface area contributed by atoms with Gasteiger partial charge in [-0.25, -0.2) is 0 Å². The van der Waals surface area contributed by atoms with E-state index in [2.05, 4.69) is 10.2 Å². The lowest BCUT2D eigenvalue weighted by Gasteiger charge is -2.04. The maximum atomic E-state index is 5.67. The number of anilines is 1. The number of aromatic nitrogens is 2. The number of benzene rings is 1. The molecule has 82 valence electrons. The zero-order valence-electron chi connectivity index (χ0n) is 8.81. The molecule has 0 unspecified atom stereocenters. The Balaban J connectivity index is 1.80. The molecule has 3 rings (SSSR count). The summed E-state index contributed by atoms with van der Waals surface area (Å²) in [6, 6.07) is 9.78. The number of hydrogen-bond acceptors (Lipinski definition) is 3. The molecule has 1 aromatic carbocycles. The van der Waals surface area contributed by atoms with Crippen LogP contribution in [0.2, 0.25) is 0 Å². The highest BCUT2D eigenvalue weighted by Gasteiger charge is 2.23. The van der Waals surface area contributed by atoms with Crippen molar-refractivity contribution in [2.75, 3.05) is 5.73 Å². The minimum atomic E-state index is 0.439. The molecule has 0 saturated heterocycles. The van der Waals surface area contributed by atoms with E-state index in [9.17, 15) is 0 Å². The van der Waals surface area contributed by atoms with Gasteiger partial charge in [-0.3, -0.25) is 5.10 Å². The monoisotopic (exact) mass is 215 g/mol. The average Bonchev–Trinajstić information content (AvgIpc) is 3.00. The highest BCUT2D eigenvalue weighted by Crippen LogP contribution is 2.28. The van der Waals surface area contributed by atoms with E-state index in [1.165, 1.54) is 12.8 Å². The van der Waals surface area contributed by atoms with Crippen LogP contribution in [0, 0.1) is 0 Å². The van der Waals surface area contributed by atoms with Crippen LogP contribution in [-0.2, 0) is 0 Å². The first-order chi connectivity index (χ1) is 7.81. The quantitative estimate of drug-likeness (QED) is 0.825. The van der Waals surface area contributed by atoms with Gasteiger partial charge in [0.2, 0.25) is 0 Å². The molecule has 0 amide bonds. The second kappa shape index (κ2) is 3.56. The Morgan fingerprint density at radius 2 is 2.00 bits per heavy atom. The summed E-state index contributed by atoms with van der Waals surface area (Å²) in [4.78, 5) is 0. The minimum Gasteiger partial charge on any atom is -0.490 e. The van der Waals surface area contributed by atoms with E-state index in [4.69, 9.17) is 10.5 Å². The normalized spacial score (nSPS) is 15.0. The molecule has 0 spiro atoms. The second-order valence-electron chi connectivity index (χ2n) is 4.05. The fourth-order valence-corrected chi connectivity index (χ4v) is 1.58. The van der Waals surface area contributed by atoms with Crippen LogP contribution in [0.4, 0.5) is 5.82 Å². The van der Waals surface area contributed by atoms with Gasteiger partial charge < -0.3 is 10.5 Å². The smallest absolute Gasteiger partial charge is 0.145 e. The van der Waals surface area contributed by atoms with Crippen LogP contribution in [0.1, 0.15) is 12.8 Å². The van der Waals surface area contributed by atoms with Gasteiger partial charge in [0.15, 0.2) is 0 Å². The maximum Gasteiger partial charge on any atom is 0.145 e. The standard InChI is InChI=1S/C12H13N3O/c13-12-7-11(14-15-12)8-1-3-9(4-2-8)16-10-5-6-10/h1-4,7,10H,5-6H2,(H3,13,14,15). The highest BCUT2D eigenvalue weighted by atomic mass is 16.5. The predicted molar refractivity (Wildman–Crippen MR) is 62.1 cm³/mol. The lowest BCUT2D eigenvalue weighted by molar-refractivity contribution is 0.303. The summed E-state index contributed by atoms with van der Waals surface area (Å²) < 4.78 is 5.67. The summed E-state index contributed by atoms with van der Waals surface area (Å²) >= 11 is 0. The third kappa shape index (κ3) is 1.86. The van der Waals surface area contributed by atoms with Gasteiger partial charge in [0.05, 0.1) is 11.8 Å². The van der Waals surface area contributed by atoms with Crippen molar-refractivity contribution in [1.82, 2.24) is 10.2 Å². The molecule has 16 heavy (non-hydrogen) atoms. The second-order valence-corrected chi connectivity index (χ2v) is 4.05. The van der Waals surface area contributed by atoms with Crippen LogP contribution in [0.15, 0.2) is 30.3 Å². The molecule has 3 N–H and O–H groups in total. The molecule has 0 atom stereocenters. The Bertz CT molecular complexity index is 485. The van der Waals surface area contributed by atoms with Gasteiger partial charge in [0.25, 0.3) is 0 Å². The SMILES string of the molecule is Nc1cc(-c2ccc(OC3CC3)cc2)[nH]n1. The van der Waals surface area contributed by atoms with E-state index in [1.807, 2.05) is 30.3 Å². The van der Waals surface area contributed by atoms with Crippen molar-refractivity contribution in [3.63, 3.8) is 0 Å². The summed E-state index contributed by atoms with van der Waals surface area (Å²) in [6.07, 6.45) is 2.80. The average molecular weight is 215 g/mol. The summed E-state index contributed by atoms with van der Waals surface area (Å²) in [6.45, 7) is 0. The molecule has 2 aromatic rings. The molecule has 1 fully saturated rings. The lowest BCUT2D eigenvalue weighted by Crippen LogP contribution is -1.95. The topological polar surface area (TPSA) is 63.9 Å². The van der Waals surface area contributed by atoms with Gasteiger partial charge in [-0.15, -0.1) is 0 Å². The summed E-state index contributed by atoms with van der Waals surface area (Å²) in [7, 11) is 0. The zero-order chi connectivity index (χ0) is 11.0. The third-order valence-corrected chi connectivity index (χ3v) is 2.59.